The van der Waals surface area contributed by atoms with Gasteiger partial charge >= 0.3 is 0 Å². The van der Waals surface area contributed by atoms with E-state index in [1.807, 2.05) is 36.5 Å². The van der Waals surface area contributed by atoms with Crippen LogP contribution in [0.2, 0.25) is 0 Å². The molecule has 0 radical (unpaired) electrons. The summed E-state index contributed by atoms with van der Waals surface area (Å²) in [5.74, 6) is 0.899. The molecule has 0 unspecified atom stereocenters. The number of ether oxygens (including phenoxy) is 1. The van der Waals surface area contributed by atoms with Gasteiger partial charge in [0.1, 0.15) is 11.5 Å². The number of aromatic nitrogens is 3. The lowest BCUT2D eigenvalue weighted by molar-refractivity contribution is 0.0223. The van der Waals surface area contributed by atoms with Crippen LogP contribution >= 0.6 is 0 Å². The normalized spacial score (nSPS) is 17.6. The molecule has 1 fully saturated rings. The van der Waals surface area contributed by atoms with Gasteiger partial charge in [-0.3, -0.25) is 4.90 Å². The maximum absolute atomic E-state index is 9.00. The van der Waals surface area contributed by atoms with Gasteiger partial charge in [0.05, 0.1) is 43.8 Å². The zero-order valence-electron chi connectivity index (χ0n) is 13.6. The van der Waals surface area contributed by atoms with Gasteiger partial charge in [-0.15, -0.1) is 5.10 Å². The Kier molecular flexibility index (Phi) is 4.29. The van der Waals surface area contributed by atoms with E-state index in [1.165, 1.54) is 0 Å². The van der Waals surface area contributed by atoms with Gasteiger partial charge in [0.15, 0.2) is 6.23 Å². The van der Waals surface area contributed by atoms with E-state index in [1.54, 1.807) is 17.0 Å². The van der Waals surface area contributed by atoms with E-state index < -0.39 is 0 Å². The third-order valence-electron chi connectivity index (χ3n) is 4.13. The molecule has 4 rings (SSSR count). The first kappa shape index (κ1) is 15.6. The largest absolute Gasteiger partial charge is 0.468 e. The number of furan rings is 1. The summed E-state index contributed by atoms with van der Waals surface area (Å²) in [5, 5.41) is 17.5. The summed E-state index contributed by atoms with van der Waals surface area (Å²) in [5.41, 5.74) is 2.43. The van der Waals surface area contributed by atoms with Crippen LogP contribution in [-0.2, 0) is 17.8 Å². The Morgan fingerprint density at radius 1 is 1.24 bits per heavy atom. The molecule has 0 bridgehead atoms. The standard InChI is InChI=1S/C18H17N5O2/c19-10-14-3-1-4-15(9-14)11-23-13-17(20-21-23)18-22(6-8-25-18)12-16-5-2-7-24-16/h1-5,7,9,13,18H,6,8,11-12H2/t18-/m0/s1. The SMILES string of the molecule is N#Cc1cccc(Cn2cc([C@@H]3OCCN3Cc3ccco3)nn2)c1. The number of benzene rings is 1. The second-order valence-corrected chi connectivity index (χ2v) is 5.93. The van der Waals surface area contributed by atoms with Crippen LogP contribution in [0.25, 0.3) is 0 Å². The molecule has 25 heavy (non-hydrogen) atoms. The predicted molar refractivity (Wildman–Crippen MR) is 88.1 cm³/mol. The quantitative estimate of drug-likeness (QED) is 0.712. The maximum Gasteiger partial charge on any atom is 0.157 e. The minimum absolute atomic E-state index is 0.218. The summed E-state index contributed by atoms with van der Waals surface area (Å²) >= 11 is 0. The fraction of sp³-hybridized carbons (Fsp3) is 0.278. The van der Waals surface area contributed by atoms with Crippen molar-refractivity contribution in [3.05, 3.63) is 71.4 Å². The van der Waals surface area contributed by atoms with E-state index in [0.29, 0.717) is 25.3 Å². The van der Waals surface area contributed by atoms with Crippen molar-refractivity contribution in [3.8, 4) is 6.07 Å². The van der Waals surface area contributed by atoms with Crippen LogP contribution in [0.5, 0.6) is 0 Å². The van der Waals surface area contributed by atoms with Gasteiger partial charge in [0, 0.05) is 6.54 Å². The van der Waals surface area contributed by atoms with Crippen molar-refractivity contribution in [3.63, 3.8) is 0 Å². The maximum atomic E-state index is 9.00. The smallest absolute Gasteiger partial charge is 0.157 e. The van der Waals surface area contributed by atoms with Crippen molar-refractivity contribution in [1.82, 2.24) is 19.9 Å². The van der Waals surface area contributed by atoms with Crippen molar-refractivity contribution in [1.29, 1.82) is 5.26 Å². The first-order chi connectivity index (χ1) is 12.3. The molecule has 1 saturated heterocycles. The number of hydrogen-bond donors (Lipinski definition) is 0. The van der Waals surface area contributed by atoms with Crippen molar-refractivity contribution in [2.24, 2.45) is 0 Å². The molecule has 126 valence electrons. The average molecular weight is 335 g/mol. The molecule has 1 aromatic carbocycles. The molecule has 3 aromatic rings. The number of nitrogens with zero attached hydrogens (tertiary/aromatic N) is 5. The van der Waals surface area contributed by atoms with Crippen LogP contribution < -0.4 is 0 Å². The Morgan fingerprint density at radius 3 is 3.04 bits per heavy atom. The summed E-state index contributed by atoms with van der Waals surface area (Å²) in [4.78, 5) is 2.17. The van der Waals surface area contributed by atoms with Gasteiger partial charge in [0.2, 0.25) is 0 Å². The minimum Gasteiger partial charge on any atom is -0.468 e. The van der Waals surface area contributed by atoms with Gasteiger partial charge < -0.3 is 9.15 Å². The summed E-state index contributed by atoms with van der Waals surface area (Å²) in [7, 11) is 0. The Morgan fingerprint density at radius 2 is 2.20 bits per heavy atom. The highest BCUT2D eigenvalue weighted by Crippen LogP contribution is 2.27. The van der Waals surface area contributed by atoms with Crippen LogP contribution in [0.1, 0.15) is 28.8 Å². The number of rotatable bonds is 5. The number of nitriles is 1. The highest BCUT2D eigenvalue weighted by Gasteiger charge is 2.30. The highest BCUT2D eigenvalue weighted by molar-refractivity contribution is 5.32. The molecule has 3 heterocycles. The van der Waals surface area contributed by atoms with Crippen LogP contribution in [0.4, 0.5) is 0 Å². The molecule has 0 aliphatic carbocycles. The molecular weight excluding hydrogens is 318 g/mol. The Balaban J connectivity index is 1.47. The van der Waals surface area contributed by atoms with Crippen LogP contribution in [0.3, 0.4) is 0 Å². The number of hydrogen-bond acceptors (Lipinski definition) is 6. The second-order valence-electron chi connectivity index (χ2n) is 5.93. The lowest BCUT2D eigenvalue weighted by atomic mass is 10.1. The lowest BCUT2D eigenvalue weighted by Gasteiger charge is -2.19. The average Bonchev–Trinajstić information content (AvgIpc) is 3.37. The van der Waals surface area contributed by atoms with E-state index in [4.69, 9.17) is 14.4 Å². The fourth-order valence-electron chi connectivity index (χ4n) is 2.97. The first-order valence-electron chi connectivity index (χ1n) is 8.09. The van der Waals surface area contributed by atoms with Crippen LogP contribution in [0, 0.1) is 11.3 Å². The molecular formula is C18H17N5O2. The Labute approximate surface area is 145 Å². The Bertz CT molecular complexity index is 881. The van der Waals surface area contributed by atoms with E-state index in [-0.39, 0.29) is 6.23 Å². The highest BCUT2D eigenvalue weighted by atomic mass is 16.5. The molecule has 1 aliphatic heterocycles. The monoisotopic (exact) mass is 335 g/mol. The second kappa shape index (κ2) is 6.89. The lowest BCUT2D eigenvalue weighted by Crippen LogP contribution is -2.23. The molecule has 1 atom stereocenters. The van der Waals surface area contributed by atoms with Gasteiger partial charge in [-0.05, 0) is 29.8 Å². The van der Waals surface area contributed by atoms with E-state index in [9.17, 15) is 0 Å². The first-order valence-corrected chi connectivity index (χ1v) is 8.09. The molecule has 2 aromatic heterocycles. The molecule has 0 saturated carbocycles. The molecule has 7 nitrogen and oxygen atoms in total. The van der Waals surface area contributed by atoms with Gasteiger partial charge in [-0.25, -0.2) is 4.68 Å². The third kappa shape index (κ3) is 3.45. The minimum atomic E-state index is -0.218. The molecule has 7 heteroatoms. The van der Waals surface area contributed by atoms with E-state index in [2.05, 4.69) is 21.3 Å². The van der Waals surface area contributed by atoms with E-state index >= 15 is 0 Å². The van der Waals surface area contributed by atoms with Gasteiger partial charge in [-0.2, -0.15) is 5.26 Å². The van der Waals surface area contributed by atoms with E-state index in [0.717, 1.165) is 23.6 Å². The summed E-state index contributed by atoms with van der Waals surface area (Å²) < 4.78 is 13.0. The predicted octanol–water partition coefficient (Wildman–Crippen LogP) is 2.32. The van der Waals surface area contributed by atoms with Crippen molar-refractivity contribution < 1.29 is 9.15 Å². The molecule has 1 aliphatic rings. The summed E-state index contributed by atoms with van der Waals surface area (Å²) in [6.45, 7) is 2.72. The summed E-state index contributed by atoms with van der Waals surface area (Å²) in [6.07, 6.45) is 3.35. The molecule has 0 N–H and O–H groups in total. The third-order valence-corrected chi connectivity index (χ3v) is 4.13. The van der Waals surface area contributed by atoms with Crippen LogP contribution in [0.15, 0.2) is 53.3 Å². The fourth-order valence-corrected chi connectivity index (χ4v) is 2.97. The zero-order valence-corrected chi connectivity index (χ0v) is 13.6. The Hall–Kier alpha value is -2.95. The summed E-state index contributed by atoms with van der Waals surface area (Å²) in [6, 6.07) is 13.5. The molecule has 0 spiro atoms. The van der Waals surface area contributed by atoms with Crippen LogP contribution in [-0.4, -0.2) is 33.0 Å². The van der Waals surface area contributed by atoms with Gasteiger partial charge in [0.25, 0.3) is 0 Å². The van der Waals surface area contributed by atoms with Crippen molar-refractivity contribution in [2.45, 2.75) is 19.3 Å². The van der Waals surface area contributed by atoms with Gasteiger partial charge in [-0.1, -0.05) is 17.3 Å². The molecule has 0 amide bonds. The van der Waals surface area contributed by atoms with Crippen molar-refractivity contribution >= 4 is 0 Å². The zero-order chi connectivity index (χ0) is 17.1. The van der Waals surface area contributed by atoms with Crippen molar-refractivity contribution in [2.75, 3.05) is 13.2 Å². The topological polar surface area (TPSA) is 80.1 Å².